The Labute approximate surface area is 798 Å². The average molecular weight is 1880 g/mol. The third-order valence-electron chi connectivity index (χ3n) is 25.3. The SMILES string of the molecule is COc1cc2c(cc1OCc1cc(COc3cc4c(cc3OC)C(=O)N3c5ccccc5C[C@H]3C=N4)cc(N(C)CCOCCC(=O)O)c1)N=C[C@@H]1Cc3ccccc3N1C2=O.COc1cc2c(cc1OCc1cc(COc3cc4c(cc3OC)C(=O)N3c5ccccc5C[C@H]3C=N4)cc(N(C)CCOCCC(=O)ON3C(=O)CCC3=O)c1)N=C[C@@H]1Cc3ccccc3N1C2=O.O=C1CCC(=O)N1O. The normalized spacial score (nSPS) is 17.2. The van der Waals surface area contributed by atoms with Gasteiger partial charge in [-0.15, -0.1) is 5.06 Å². The van der Waals surface area contributed by atoms with Gasteiger partial charge in [-0.05, 0) is 129 Å². The van der Waals surface area contributed by atoms with Crippen molar-refractivity contribution in [3.63, 3.8) is 0 Å². The van der Waals surface area contributed by atoms with Crippen LogP contribution in [-0.4, -0.2) is 211 Å². The Morgan fingerprint density at radius 1 is 0.360 bits per heavy atom. The van der Waals surface area contributed by atoms with Gasteiger partial charge in [0, 0.05) is 162 Å². The highest BCUT2D eigenvalue weighted by atomic mass is 16.7. The summed E-state index contributed by atoms with van der Waals surface area (Å²) in [6.07, 6.45) is 10.1. The van der Waals surface area contributed by atoms with Gasteiger partial charge < -0.3 is 67.1 Å². The lowest BCUT2D eigenvalue weighted by molar-refractivity contribution is -0.198. The van der Waals surface area contributed by atoms with E-state index < -0.39 is 35.6 Å². The number of imide groups is 2. The number of amides is 8. The number of likely N-dealkylation sites (N-methyl/N-ethyl adjacent to an activating group) is 2. The summed E-state index contributed by atoms with van der Waals surface area (Å²) in [5.74, 6) is -1.19. The fourth-order valence-electron chi connectivity index (χ4n) is 18.2. The molecule has 0 aromatic heterocycles. The van der Waals surface area contributed by atoms with Gasteiger partial charge in [-0.3, -0.25) is 87.9 Å². The van der Waals surface area contributed by atoms with Crippen LogP contribution in [0.5, 0.6) is 46.0 Å². The molecule has 0 aliphatic carbocycles. The van der Waals surface area contributed by atoms with Gasteiger partial charge in [0.05, 0.1) is 137 Å². The molecule has 2 N–H and O–H groups in total. The van der Waals surface area contributed by atoms with Crippen molar-refractivity contribution in [1.29, 1.82) is 0 Å². The Kier molecular flexibility index (Phi) is 27.4. The van der Waals surface area contributed by atoms with E-state index in [1.165, 1.54) is 28.4 Å². The lowest BCUT2D eigenvalue weighted by atomic mass is 10.1. The summed E-state index contributed by atoms with van der Waals surface area (Å²) in [6, 6.07) is 56.3. The number of carboxylic acids is 1. The summed E-state index contributed by atoms with van der Waals surface area (Å²) in [4.78, 5) is 159. The zero-order chi connectivity index (χ0) is 96.8. The van der Waals surface area contributed by atoms with Crippen molar-refractivity contribution in [3.8, 4) is 46.0 Å². The van der Waals surface area contributed by atoms with E-state index in [0.717, 1.165) is 78.6 Å². The molecule has 0 bridgehead atoms. The number of anilines is 6. The number of carboxylic acid groups (broad SMARTS) is 1. The first kappa shape index (κ1) is 93.3. The van der Waals surface area contributed by atoms with Crippen LogP contribution >= 0.6 is 0 Å². The number of aliphatic carboxylic acids is 1. The molecule has 10 aliphatic heterocycles. The Bertz CT molecular complexity index is 6360. The molecule has 35 nitrogen and oxygen atoms in total. The fourth-order valence-corrected chi connectivity index (χ4v) is 18.2. The number of ether oxygens (including phenoxy) is 10. The van der Waals surface area contributed by atoms with Crippen molar-refractivity contribution in [3.05, 3.63) is 249 Å². The van der Waals surface area contributed by atoms with E-state index in [9.17, 15) is 47.9 Å². The molecule has 2 saturated heterocycles. The van der Waals surface area contributed by atoms with Crippen LogP contribution in [0.2, 0.25) is 0 Å². The molecule has 0 radical (unpaired) electrons. The number of hydroxylamine groups is 4. The molecule has 20 rings (SSSR count). The number of hydrogen-bond donors (Lipinski definition) is 2. The summed E-state index contributed by atoms with van der Waals surface area (Å²) in [5, 5.41) is 18.1. The van der Waals surface area contributed by atoms with Crippen LogP contribution in [0.1, 0.15) is 124 Å². The molecule has 10 heterocycles. The molecule has 35 heteroatoms. The zero-order valence-corrected chi connectivity index (χ0v) is 76.9. The number of fused-ring (bicyclic) bond motifs is 16. The van der Waals surface area contributed by atoms with Gasteiger partial charge in [0.25, 0.3) is 47.3 Å². The van der Waals surface area contributed by atoms with Crippen molar-refractivity contribution in [2.45, 2.75) is 115 Å². The van der Waals surface area contributed by atoms with Crippen molar-refractivity contribution >= 4 is 141 Å². The maximum absolute atomic E-state index is 14.0. The van der Waals surface area contributed by atoms with Crippen LogP contribution in [0.15, 0.2) is 202 Å². The van der Waals surface area contributed by atoms with Crippen molar-refractivity contribution in [2.75, 3.05) is 111 Å². The summed E-state index contributed by atoms with van der Waals surface area (Å²) in [5.41, 5.74) is 16.3. The number of benzene rings is 10. The average Bonchev–Trinajstić information content (AvgIpc) is 1.62. The van der Waals surface area contributed by atoms with Crippen LogP contribution in [0.3, 0.4) is 0 Å². The Balaban J connectivity index is 0.000000171. The van der Waals surface area contributed by atoms with Gasteiger partial charge in [0.15, 0.2) is 46.0 Å². The molecule has 0 saturated carbocycles. The van der Waals surface area contributed by atoms with Gasteiger partial charge in [0.2, 0.25) is 0 Å². The number of nitrogens with zero attached hydrogens (tertiary/aromatic N) is 12. The van der Waals surface area contributed by atoms with E-state index in [1.807, 2.05) is 182 Å². The molecule has 712 valence electrons. The quantitative estimate of drug-likeness (QED) is 0.0231. The van der Waals surface area contributed by atoms with Gasteiger partial charge >= 0.3 is 11.9 Å². The zero-order valence-electron chi connectivity index (χ0n) is 76.9. The Morgan fingerprint density at radius 2 is 0.640 bits per heavy atom. The number of hydrogen-bond acceptors (Lipinski definition) is 28. The molecule has 139 heavy (non-hydrogen) atoms. The van der Waals surface area contributed by atoms with Crippen molar-refractivity contribution in [1.82, 2.24) is 10.1 Å². The highest BCUT2D eigenvalue weighted by Gasteiger charge is 2.43. The van der Waals surface area contributed by atoms with E-state index in [2.05, 4.69) is 0 Å². The Hall–Kier alpha value is -16.1. The van der Waals surface area contributed by atoms with E-state index in [4.69, 9.17) is 82.5 Å². The van der Waals surface area contributed by atoms with Gasteiger partial charge in [-0.25, -0.2) is 4.79 Å². The maximum Gasteiger partial charge on any atom is 0.335 e. The number of rotatable bonds is 31. The predicted molar refractivity (Wildman–Crippen MR) is 513 cm³/mol. The fraction of sp³-hybridized carbons (Fsp3) is 0.288. The summed E-state index contributed by atoms with van der Waals surface area (Å²) in [7, 11) is 9.95. The number of carbonyl (C=O) groups excluding carboxylic acids is 9. The molecule has 0 unspecified atom stereocenters. The molecule has 0 spiro atoms. The molecule has 2 fully saturated rings. The minimum absolute atomic E-state index is 0.0138. The molecule has 10 aromatic rings. The molecule has 8 amide bonds. The second-order valence-corrected chi connectivity index (χ2v) is 34.3. The van der Waals surface area contributed by atoms with Gasteiger partial charge in [-0.1, -0.05) is 72.8 Å². The maximum atomic E-state index is 14.0. The summed E-state index contributed by atoms with van der Waals surface area (Å²) >= 11 is 0. The van der Waals surface area contributed by atoms with Crippen LogP contribution < -0.4 is 67.3 Å². The van der Waals surface area contributed by atoms with Crippen LogP contribution in [-0.2, 0) is 95.2 Å². The second kappa shape index (κ2) is 40.8. The molecule has 10 aromatic carbocycles. The van der Waals surface area contributed by atoms with Gasteiger partial charge in [0.1, 0.15) is 26.4 Å². The van der Waals surface area contributed by atoms with Crippen LogP contribution in [0.25, 0.3) is 0 Å². The van der Waals surface area contributed by atoms with Crippen molar-refractivity contribution in [2.24, 2.45) is 20.0 Å². The second-order valence-electron chi connectivity index (χ2n) is 34.3. The lowest BCUT2D eigenvalue weighted by Crippen LogP contribution is -2.37. The van der Waals surface area contributed by atoms with Crippen LogP contribution in [0.4, 0.5) is 56.9 Å². The minimum Gasteiger partial charge on any atom is -0.493 e. The lowest BCUT2D eigenvalue weighted by Gasteiger charge is -2.23. The monoisotopic (exact) mass is 1880 g/mol. The van der Waals surface area contributed by atoms with E-state index in [0.29, 0.717) is 141 Å². The van der Waals surface area contributed by atoms with Crippen molar-refractivity contribution < 1.29 is 110 Å². The summed E-state index contributed by atoms with van der Waals surface area (Å²) < 4.78 is 60.2. The number of para-hydroxylation sites is 4. The summed E-state index contributed by atoms with van der Waals surface area (Å²) in [6.45, 7) is 2.08. The third-order valence-corrected chi connectivity index (χ3v) is 25.3. The molecular weight excluding hydrogens is 1790 g/mol. The van der Waals surface area contributed by atoms with Gasteiger partial charge in [-0.2, -0.15) is 5.06 Å². The molecule has 10 aliphatic rings. The molecule has 4 atom stereocenters. The Morgan fingerprint density at radius 3 is 0.914 bits per heavy atom. The highest BCUT2D eigenvalue weighted by Crippen LogP contribution is 2.48. The molecular formula is C104H98N12O23. The first-order valence-electron chi connectivity index (χ1n) is 45.4. The number of carbonyl (C=O) groups is 10. The third kappa shape index (κ3) is 19.7. The largest absolute Gasteiger partial charge is 0.493 e. The highest BCUT2D eigenvalue weighted by molar-refractivity contribution is 6.18. The minimum atomic E-state index is -0.915. The number of aliphatic imine (C=N–C) groups is 4. The smallest absolute Gasteiger partial charge is 0.335 e. The van der Waals surface area contributed by atoms with Crippen LogP contribution in [0, 0.1) is 0 Å². The standard InChI is InChI=1S/C52H48N6O11.C48H45N5O9.C4H5NO3/c1-55(15-17-66-16-14-50(61)69-58-48(59)12-13-49(58)60)35-19-31(29-67-46-25-40-38(23-44(46)64-2)51(62)56-36(27-53-40)21-33-8-4-6-10-42(33)56)18-32(20-35)30-68-47-26-41-39(24-45(47)65-3)52(63)57-37(28-54-41)22-34-9-5-7-11-43(34)57;1-51(13-15-60-14-12-46(54)55)33-17-29(27-61-44-23-38-36(21-42(44)58-2)47(56)52-34(25-49-38)19-31-8-4-6-10-40(31)52)16-30(18-33)28-62-45-24-39-37(22-43(45)59-3)48(57)53-35(26-50-39)20-32-9-5-7-11-41(32)53;6-3-1-2-4(7)5(3)8/h4-11,18-20,23-28,36-37H,12-17,21-22,29-30H2,1-3H3;4-11,16-18,21-26,34-35H,12-15,19-20,27-28H2,1-3H3,(H,54,55);8H,1-2H2/t36-,37-;34-,35-;/m00./s1. The van der Waals surface area contributed by atoms with E-state index >= 15 is 0 Å². The topological polar surface area (TPSA) is 388 Å². The number of methoxy groups -OCH3 is 4. The van der Waals surface area contributed by atoms with E-state index in [-0.39, 0.29) is 138 Å². The van der Waals surface area contributed by atoms with E-state index in [1.54, 1.807) is 68.1 Å². The first-order chi connectivity index (χ1) is 67.5. The predicted octanol–water partition coefficient (Wildman–Crippen LogP) is 13.8. The first-order valence-corrected chi connectivity index (χ1v) is 45.4.